The summed E-state index contributed by atoms with van der Waals surface area (Å²) in [5.74, 6) is 1.19. The lowest BCUT2D eigenvalue weighted by Crippen LogP contribution is -2.24. The summed E-state index contributed by atoms with van der Waals surface area (Å²) in [6.45, 7) is 0.520. The number of nitrogens with one attached hydrogen (secondary N) is 1. The van der Waals surface area contributed by atoms with Gasteiger partial charge in [-0.05, 0) is 52.2 Å². The molecule has 0 fully saturated rings. The van der Waals surface area contributed by atoms with Crippen molar-refractivity contribution >= 4 is 49.1 Å². The van der Waals surface area contributed by atoms with Crippen LogP contribution in [-0.2, 0) is 10.0 Å². The number of sulfonamides is 1. The molecule has 104 valence electrons. The van der Waals surface area contributed by atoms with Crippen LogP contribution in [0.2, 0.25) is 0 Å². The van der Waals surface area contributed by atoms with Crippen LogP contribution >= 0.6 is 39.0 Å². The molecular formula is C11H18BrNO2S3. The maximum absolute atomic E-state index is 11.9. The van der Waals surface area contributed by atoms with Gasteiger partial charge in [0.25, 0.3) is 10.0 Å². The first-order valence-electron chi connectivity index (χ1n) is 5.79. The number of thiophene rings is 1. The third kappa shape index (κ3) is 5.61. The van der Waals surface area contributed by atoms with E-state index in [-0.39, 0.29) is 0 Å². The highest BCUT2D eigenvalue weighted by Gasteiger charge is 2.17. The highest BCUT2D eigenvalue weighted by atomic mass is 79.9. The Morgan fingerprint density at radius 2 is 2.06 bits per heavy atom. The molecule has 1 N–H and O–H groups in total. The summed E-state index contributed by atoms with van der Waals surface area (Å²) in [5, 5.41) is 1.76. The average molecular weight is 372 g/mol. The van der Waals surface area contributed by atoms with E-state index in [1.54, 1.807) is 11.4 Å². The van der Waals surface area contributed by atoms with Crippen LogP contribution in [0.1, 0.15) is 25.7 Å². The van der Waals surface area contributed by atoms with Crippen LogP contribution in [0.15, 0.2) is 20.1 Å². The predicted molar refractivity (Wildman–Crippen MR) is 84.1 cm³/mol. The molecule has 0 aliphatic heterocycles. The van der Waals surface area contributed by atoms with Crippen molar-refractivity contribution in [2.24, 2.45) is 0 Å². The Morgan fingerprint density at radius 1 is 1.33 bits per heavy atom. The molecule has 0 saturated carbocycles. The summed E-state index contributed by atoms with van der Waals surface area (Å²) in [4.78, 5) is 0. The number of halogens is 1. The van der Waals surface area contributed by atoms with Crippen molar-refractivity contribution in [2.45, 2.75) is 29.9 Å². The van der Waals surface area contributed by atoms with E-state index in [1.165, 1.54) is 29.9 Å². The lowest BCUT2D eigenvalue weighted by Gasteiger charge is -2.05. The molecule has 1 heterocycles. The van der Waals surface area contributed by atoms with Crippen molar-refractivity contribution in [3.05, 3.63) is 15.9 Å². The molecule has 0 bridgehead atoms. The summed E-state index contributed by atoms with van der Waals surface area (Å²) in [6, 6.07) is 1.75. The zero-order valence-corrected chi connectivity index (χ0v) is 14.4. The van der Waals surface area contributed by atoms with Crippen molar-refractivity contribution < 1.29 is 8.42 Å². The quantitative estimate of drug-likeness (QED) is 0.672. The summed E-state index contributed by atoms with van der Waals surface area (Å²) < 4.78 is 27.5. The Bertz CT molecular complexity index is 445. The van der Waals surface area contributed by atoms with E-state index in [2.05, 4.69) is 26.9 Å². The standard InChI is InChI=1S/C11H18BrNO2S3/c1-16-8-5-3-2-4-7-13-18(14,15)11-10(12)6-9-17-11/h6,9,13H,2-5,7-8H2,1H3. The van der Waals surface area contributed by atoms with Crippen LogP contribution < -0.4 is 4.72 Å². The Hall–Kier alpha value is 0.440. The fourth-order valence-electron chi connectivity index (χ4n) is 1.47. The second kappa shape index (κ2) is 8.58. The van der Waals surface area contributed by atoms with E-state index < -0.39 is 10.0 Å². The summed E-state index contributed by atoms with van der Waals surface area (Å²) in [5.41, 5.74) is 0. The molecule has 0 aliphatic carbocycles. The number of hydrogen-bond donors (Lipinski definition) is 1. The van der Waals surface area contributed by atoms with Crippen LogP contribution in [0.3, 0.4) is 0 Å². The van der Waals surface area contributed by atoms with Crippen molar-refractivity contribution in [2.75, 3.05) is 18.6 Å². The minimum Gasteiger partial charge on any atom is -0.210 e. The van der Waals surface area contributed by atoms with Gasteiger partial charge in [-0.25, -0.2) is 13.1 Å². The van der Waals surface area contributed by atoms with Gasteiger partial charge in [0, 0.05) is 11.0 Å². The van der Waals surface area contributed by atoms with Crippen molar-refractivity contribution in [1.82, 2.24) is 4.72 Å². The number of rotatable bonds is 9. The zero-order valence-electron chi connectivity index (χ0n) is 10.3. The normalized spacial score (nSPS) is 11.9. The first-order valence-corrected chi connectivity index (χ1v) is 10.3. The molecule has 0 saturated heterocycles. The summed E-state index contributed by atoms with van der Waals surface area (Å²) in [6.07, 6.45) is 6.47. The van der Waals surface area contributed by atoms with E-state index in [9.17, 15) is 8.42 Å². The average Bonchev–Trinajstić information content (AvgIpc) is 2.75. The van der Waals surface area contributed by atoms with Crippen LogP contribution in [0, 0.1) is 0 Å². The third-order valence-corrected chi connectivity index (χ3v) is 7.22. The smallest absolute Gasteiger partial charge is 0.210 e. The molecule has 18 heavy (non-hydrogen) atoms. The van der Waals surface area contributed by atoms with Gasteiger partial charge in [-0.2, -0.15) is 11.8 Å². The minimum absolute atomic E-state index is 0.366. The SMILES string of the molecule is CSCCCCCCNS(=O)(=O)c1sccc1Br. The van der Waals surface area contributed by atoms with Gasteiger partial charge in [-0.3, -0.25) is 0 Å². The van der Waals surface area contributed by atoms with E-state index in [0.717, 1.165) is 12.8 Å². The number of hydrogen-bond acceptors (Lipinski definition) is 4. The topological polar surface area (TPSA) is 46.2 Å². The molecule has 0 radical (unpaired) electrons. The molecule has 1 rings (SSSR count). The maximum atomic E-state index is 11.9. The van der Waals surface area contributed by atoms with Gasteiger partial charge in [0.15, 0.2) is 0 Å². The Balaban J connectivity index is 2.25. The van der Waals surface area contributed by atoms with Crippen LogP contribution in [0.25, 0.3) is 0 Å². The number of thioether (sulfide) groups is 1. The Morgan fingerprint density at radius 3 is 2.67 bits per heavy atom. The van der Waals surface area contributed by atoms with Crippen molar-refractivity contribution in [3.8, 4) is 0 Å². The first kappa shape index (κ1) is 16.5. The van der Waals surface area contributed by atoms with Crippen LogP contribution in [0.4, 0.5) is 0 Å². The molecule has 0 unspecified atom stereocenters. The van der Waals surface area contributed by atoms with Gasteiger partial charge in [0.05, 0.1) is 0 Å². The van der Waals surface area contributed by atoms with E-state index in [0.29, 0.717) is 15.2 Å². The predicted octanol–water partition coefficient (Wildman–Crippen LogP) is 3.71. The van der Waals surface area contributed by atoms with Gasteiger partial charge in [0.1, 0.15) is 4.21 Å². The molecule has 1 aromatic rings. The fourth-order valence-corrected chi connectivity index (χ4v) is 5.42. The number of unbranched alkanes of at least 4 members (excludes halogenated alkanes) is 3. The Labute approximate surface area is 126 Å². The molecule has 3 nitrogen and oxygen atoms in total. The fraction of sp³-hybridized carbons (Fsp3) is 0.636. The van der Waals surface area contributed by atoms with Gasteiger partial charge in [-0.15, -0.1) is 11.3 Å². The molecule has 0 atom stereocenters. The lowest BCUT2D eigenvalue weighted by molar-refractivity contribution is 0.575. The largest absolute Gasteiger partial charge is 0.251 e. The first-order chi connectivity index (χ1) is 8.58. The monoisotopic (exact) mass is 371 g/mol. The van der Waals surface area contributed by atoms with Crippen molar-refractivity contribution in [1.29, 1.82) is 0 Å². The lowest BCUT2D eigenvalue weighted by atomic mass is 10.2. The molecule has 7 heteroatoms. The molecular weight excluding hydrogens is 354 g/mol. The zero-order chi connectivity index (χ0) is 13.4. The van der Waals surface area contributed by atoms with Gasteiger partial charge >= 0.3 is 0 Å². The molecule has 0 aromatic carbocycles. The molecule has 1 aromatic heterocycles. The maximum Gasteiger partial charge on any atom is 0.251 e. The van der Waals surface area contributed by atoms with Crippen LogP contribution in [-0.4, -0.2) is 27.0 Å². The second-order valence-corrected chi connectivity index (χ2v) is 8.58. The summed E-state index contributed by atoms with van der Waals surface area (Å²) in [7, 11) is -3.33. The van der Waals surface area contributed by atoms with Crippen molar-refractivity contribution in [3.63, 3.8) is 0 Å². The van der Waals surface area contributed by atoms with E-state index in [4.69, 9.17) is 0 Å². The molecule has 0 spiro atoms. The van der Waals surface area contributed by atoms with E-state index >= 15 is 0 Å². The minimum atomic E-state index is -3.33. The highest BCUT2D eigenvalue weighted by Crippen LogP contribution is 2.27. The second-order valence-electron chi connectivity index (χ2n) is 3.86. The van der Waals surface area contributed by atoms with E-state index in [1.807, 2.05) is 11.8 Å². The Kier molecular flexibility index (Phi) is 7.86. The van der Waals surface area contributed by atoms with Crippen LogP contribution in [0.5, 0.6) is 0 Å². The third-order valence-electron chi connectivity index (χ3n) is 2.40. The van der Waals surface area contributed by atoms with Gasteiger partial charge in [-0.1, -0.05) is 12.8 Å². The van der Waals surface area contributed by atoms with Gasteiger partial charge in [0.2, 0.25) is 0 Å². The summed E-state index contributed by atoms with van der Waals surface area (Å²) >= 11 is 6.33. The van der Waals surface area contributed by atoms with Gasteiger partial charge < -0.3 is 0 Å². The molecule has 0 amide bonds. The molecule has 0 aliphatic rings. The highest BCUT2D eigenvalue weighted by molar-refractivity contribution is 9.10.